The summed E-state index contributed by atoms with van der Waals surface area (Å²) in [4.78, 5) is 4.30. The van der Waals surface area contributed by atoms with Gasteiger partial charge in [0.25, 0.3) is 0 Å². The first-order valence-electron chi connectivity index (χ1n) is 6.87. The lowest BCUT2D eigenvalue weighted by Gasteiger charge is -2.21. The van der Waals surface area contributed by atoms with Crippen LogP contribution in [0.4, 0.5) is 5.69 Å². The third-order valence-electron chi connectivity index (χ3n) is 3.51. The fourth-order valence-corrected chi connectivity index (χ4v) is 3.16. The van der Waals surface area contributed by atoms with Gasteiger partial charge < -0.3 is 10.6 Å². The van der Waals surface area contributed by atoms with Crippen LogP contribution < -0.4 is 10.6 Å². The Labute approximate surface area is 118 Å². The summed E-state index contributed by atoms with van der Waals surface area (Å²) in [7, 11) is 0. The molecule has 0 atom stereocenters. The Bertz CT molecular complexity index is 522. The largest absolute Gasteiger partial charge is 0.385 e. The first-order valence-corrected chi connectivity index (χ1v) is 7.75. The number of benzene rings is 1. The molecule has 4 heteroatoms. The zero-order chi connectivity index (χ0) is 12.9. The average Bonchev–Trinajstić information content (AvgIpc) is 2.97. The van der Waals surface area contributed by atoms with Crippen LogP contribution in [0.3, 0.4) is 0 Å². The van der Waals surface area contributed by atoms with E-state index in [0.29, 0.717) is 0 Å². The van der Waals surface area contributed by atoms with Crippen molar-refractivity contribution in [3.05, 3.63) is 45.9 Å². The fourth-order valence-electron chi connectivity index (χ4n) is 2.54. The summed E-state index contributed by atoms with van der Waals surface area (Å²) in [6, 6.07) is 6.57. The molecule has 0 fully saturated rings. The molecule has 2 N–H and O–H groups in total. The molecule has 3 rings (SSSR count). The van der Waals surface area contributed by atoms with Crippen LogP contribution in [0.1, 0.15) is 22.6 Å². The van der Waals surface area contributed by atoms with Crippen LogP contribution in [-0.2, 0) is 19.4 Å². The highest BCUT2D eigenvalue weighted by Gasteiger charge is 2.11. The van der Waals surface area contributed by atoms with Crippen molar-refractivity contribution >= 4 is 17.0 Å². The van der Waals surface area contributed by atoms with Crippen molar-refractivity contribution in [3.8, 4) is 0 Å². The number of nitrogens with zero attached hydrogens (tertiary/aromatic N) is 1. The van der Waals surface area contributed by atoms with Crippen molar-refractivity contribution in [2.45, 2.75) is 25.8 Å². The maximum atomic E-state index is 4.30. The number of aromatic nitrogens is 1. The standard InChI is InChI=1S/C15H19N3S/c1-3-12(13-4-2-7-17-14(13)5-1)11-16-8-6-15-18-9-10-19-15/h1,3,5,9-10,16-17H,2,4,6-8,11H2. The van der Waals surface area contributed by atoms with Crippen molar-refractivity contribution in [1.82, 2.24) is 10.3 Å². The molecule has 1 aromatic heterocycles. The summed E-state index contributed by atoms with van der Waals surface area (Å²) in [6.45, 7) is 3.05. The molecule has 0 unspecified atom stereocenters. The van der Waals surface area contributed by atoms with E-state index in [1.54, 1.807) is 11.3 Å². The summed E-state index contributed by atoms with van der Waals surface area (Å²) in [5, 5.41) is 10.3. The highest BCUT2D eigenvalue weighted by molar-refractivity contribution is 7.09. The summed E-state index contributed by atoms with van der Waals surface area (Å²) >= 11 is 1.73. The number of hydrogen-bond acceptors (Lipinski definition) is 4. The molecule has 0 spiro atoms. The lowest BCUT2D eigenvalue weighted by molar-refractivity contribution is 0.676. The molecule has 0 saturated heterocycles. The van der Waals surface area contributed by atoms with E-state index in [1.165, 1.54) is 34.7 Å². The van der Waals surface area contributed by atoms with E-state index in [2.05, 4.69) is 33.8 Å². The molecule has 2 aromatic rings. The Morgan fingerprint density at radius 3 is 3.26 bits per heavy atom. The number of nitrogens with one attached hydrogen (secondary N) is 2. The van der Waals surface area contributed by atoms with Gasteiger partial charge in [-0.05, 0) is 30.0 Å². The molecule has 0 aliphatic carbocycles. The third-order valence-corrected chi connectivity index (χ3v) is 4.35. The second kappa shape index (κ2) is 6.17. The van der Waals surface area contributed by atoms with E-state index in [4.69, 9.17) is 0 Å². The zero-order valence-electron chi connectivity index (χ0n) is 11.0. The Hall–Kier alpha value is -1.39. The van der Waals surface area contributed by atoms with Gasteiger partial charge in [0.2, 0.25) is 0 Å². The van der Waals surface area contributed by atoms with Crippen molar-refractivity contribution in [1.29, 1.82) is 0 Å². The second-order valence-corrected chi connectivity index (χ2v) is 5.81. The molecule has 1 aromatic carbocycles. The van der Waals surface area contributed by atoms with E-state index in [-0.39, 0.29) is 0 Å². The average molecular weight is 273 g/mol. The maximum Gasteiger partial charge on any atom is 0.0937 e. The molecule has 0 radical (unpaired) electrons. The number of anilines is 1. The minimum atomic E-state index is 0.955. The molecule has 0 saturated carbocycles. The van der Waals surface area contributed by atoms with Crippen LogP contribution in [0.15, 0.2) is 29.8 Å². The van der Waals surface area contributed by atoms with E-state index in [9.17, 15) is 0 Å². The zero-order valence-corrected chi connectivity index (χ0v) is 11.8. The molecule has 19 heavy (non-hydrogen) atoms. The van der Waals surface area contributed by atoms with Gasteiger partial charge in [0.05, 0.1) is 5.01 Å². The first-order chi connectivity index (χ1) is 9.43. The van der Waals surface area contributed by atoms with Gasteiger partial charge in [0.15, 0.2) is 0 Å². The minimum Gasteiger partial charge on any atom is -0.385 e. The molecule has 1 aliphatic heterocycles. The van der Waals surface area contributed by atoms with Crippen molar-refractivity contribution in [2.24, 2.45) is 0 Å². The van der Waals surface area contributed by atoms with Gasteiger partial charge in [0.1, 0.15) is 0 Å². The number of rotatable bonds is 5. The van der Waals surface area contributed by atoms with Gasteiger partial charge in [0, 0.05) is 43.3 Å². The summed E-state index contributed by atoms with van der Waals surface area (Å²) in [5.41, 5.74) is 4.25. The van der Waals surface area contributed by atoms with E-state index < -0.39 is 0 Å². The number of thiazole rings is 1. The molecule has 3 nitrogen and oxygen atoms in total. The predicted molar refractivity (Wildman–Crippen MR) is 80.8 cm³/mol. The van der Waals surface area contributed by atoms with E-state index in [1.807, 2.05) is 11.6 Å². The van der Waals surface area contributed by atoms with Gasteiger partial charge in [-0.15, -0.1) is 11.3 Å². The van der Waals surface area contributed by atoms with Crippen LogP contribution in [0.2, 0.25) is 0 Å². The normalized spacial score (nSPS) is 13.9. The van der Waals surface area contributed by atoms with Gasteiger partial charge >= 0.3 is 0 Å². The monoisotopic (exact) mass is 273 g/mol. The predicted octanol–water partition coefficient (Wildman–Crippen LogP) is 2.83. The SMILES string of the molecule is c1cc(CNCCc2nccs2)c2c(c1)NCCC2. The Morgan fingerprint density at radius 2 is 2.37 bits per heavy atom. The molecule has 1 aliphatic rings. The van der Waals surface area contributed by atoms with Gasteiger partial charge in [-0.3, -0.25) is 0 Å². The van der Waals surface area contributed by atoms with Crippen LogP contribution in [-0.4, -0.2) is 18.1 Å². The minimum absolute atomic E-state index is 0.955. The molecule has 2 heterocycles. The van der Waals surface area contributed by atoms with E-state index >= 15 is 0 Å². The molecule has 100 valence electrons. The Morgan fingerprint density at radius 1 is 1.37 bits per heavy atom. The number of hydrogen-bond donors (Lipinski definition) is 2. The molecule has 0 amide bonds. The van der Waals surface area contributed by atoms with Crippen LogP contribution >= 0.6 is 11.3 Å². The topological polar surface area (TPSA) is 37.0 Å². The maximum absolute atomic E-state index is 4.30. The van der Waals surface area contributed by atoms with Crippen molar-refractivity contribution < 1.29 is 0 Å². The Balaban J connectivity index is 1.55. The molecule has 0 bridgehead atoms. The van der Waals surface area contributed by atoms with Crippen molar-refractivity contribution in [2.75, 3.05) is 18.4 Å². The lowest BCUT2D eigenvalue weighted by Crippen LogP contribution is -2.20. The highest BCUT2D eigenvalue weighted by Crippen LogP contribution is 2.25. The van der Waals surface area contributed by atoms with Crippen molar-refractivity contribution in [3.63, 3.8) is 0 Å². The van der Waals surface area contributed by atoms with Gasteiger partial charge in [-0.1, -0.05) is 12.1 Å². The van der Waals surface area contributed by atoms with E-state index in [0.717, 1.165) is 26.1 Å². The smallest absolute Gasteiger partial charge is 0.0937 e. The quantitative estimate of drug-likeness (QED) is 0.823. The summed E-state index contributed by atoms with van der Waals surface area (Å²) < 4.78 is 0. The fraction of sp³-hybridized carbons (Fsp3) is 0.400. The van der Waals surface area contributed by atoms with Gasteiger partial charge in [-0.25, -0.2) is 4.98 Å². The second-order valence-electron chi connectivity index (χ2n) is 4.83. The van der Waals surface area contributed by atoms with Crippen LogP contribution in [0.25, 0.3) is 0 Å². The van der Waals surface area contributed by atoms with Crippen LogP contribution in [0.5, 0.6) is 0 Å². The first kappa shape index (κ1) is 12.6. The molecular weight excluding hydrogens is 254 g/mol. The third kappa shape index (κ3) is 3.14. The van der Waals surface area contributed by atoms with Gasteiger partial charge in [-0.2, -0.15) is 0 Å². The summed E-state index contributed by atoms with van der Waals surface area (Å²) in [6.07, 6.45) is 5.33. The lowest BCUT2D eigenvalue weighted by atomic mass is 9.97. The molecular formula is C15H19N3S. The summed E-state index contributed by atoms with van der Waals surface area (Å²) in [5.74, 6) is 0. The van der Waals surface area contributed by atoms with Crippen LogP contribution in [0, 0.1) is 0 Å². The highest BCUT2D eigenvalue weighted by atomic mass is 32.1. The number of fused-ring (bicyclic) bond motifs is 1. The Kier molecular flexibility index (Phi) is 4.10.